The molecule has 0 bridgehead atoms. The summed E-state index contributed by atoms with van der Waals surface area (Å²) in [4.78, 5) is 12.0. The molecule has 1 aliphatic carbocycles. The molecule has 4 nitrogen and oxygen atoms in total. The lowest BCUT2D eigenvalue weighted by Gasteiger charge is -2.30. The van der Waals surface area contributed by atoms with E-state index in [-0.39, 0.29) is 0 Å². The van der Waals surface area contributed by atoms with E-state index < -0.39 is 0 Å². The number of benzene rings is 2. The van der Waals surface area contributed by atoms with Gasteiger partial charge in [0.05, 0.1) is 0 Å². The average molecular weight is 377 g/mol. The Morgan fingerprint density at radius 3 is 2.63 bits per heavy atom. The number of anilines is 3. The number of rotatable bonds is 4. The van der Waals surface area contributed by atoms with Gasteiger partial charge in [-0.3, -0.25) is 0 Å². The lowest BCUT2D eigenvalue weighted by atomic mass is 10.00. The van der Waals surface area contributed by atoms with Crippen LogP contribution in [0.4, 0.5) is 17.3 Å². The van der Waals surface area contributed by atoms with Crippen LogP contribution in [0.5, 0.6) is 0 Å². The van der Waals surface area contributed by atoms with E-state index in [2.05, 4.69) is 40.5 Å². The number of aromatic nitrogens is 2. The first-order chi connectivity index (χ1) is 13.2. The number of hydrogen-bond donors (Lipinski definition) is 1. The highest BCUT2D eigenvalue weighted by molar-refractivity contribution is 6.30. The van der Waals surface area contributed by atoms with E-state index in [0.29, 0.717) is 10.9 Å². The van der Waals surface area contributed by atoms with Gasteiger partial charge in [0.15, 0.2) is 0 Å². The zero-order chi connectivity index (χ0) is 18.2. The molecule has 0 unspecified atom stereocenters. The molecule has 2 aromatic carbocycles. The first-order valence-electron chi connectivity index (χ1n) is 9.48. The van der Waals surface area contributed by atoms with Gasteiger partial charge in [-0.05, 0) is 48.6 Å². The van der Waals surface area contributed by atoms with Gasteiger partial charge >= 0.3 is 0 Å². The van der Waals surface area contributed by atoms with Crippen molar-refractivity contribution in [3.63, 3.8) is 0 Å². The van der Waals surface area contributed by atoms with Crippen molar-refractivity contribution in [3.8, 4) is 0 Å². The second-order valence-corrected chi connectivity index (χ2v) is 7.76. The third-order valence-electron chi connectivity index (χ3n) is 5.22. The van der Waals surface area contributed by atoms with Crippen molar-refractivity contribution in [1.29, 1.82) is 0 Å². The van der Waals surface area contributed by atoms with Crippen LogP contribution in [-0.2, 0) is 13.0 Å². The monoisotopic (exact) mass is 376 g/mol. The number of nitrogens with zero attached hydrogens (tertiary/aromatic N) is 3. The highest BCUT2D eigenvalue weighted by Crippen LogP contribution is 2.39. The van der Waals surface area contributed by atoms with Gasteiger partial charge in [-0.2, -0.15) is 0 Å². The van der Waals surface area contributed by atoms with Gasteiger partial charge in [-0.15, -0.1) is 0 Å². The van der Waals surface area contributed by atoms with E-state index in [1.807, 2.05) is 24.3 Å². The predicted octanol–water partition coefficient (Wildman–Crippen LogP) is 5.31. The van der Waals surface area contributed by atoms with Crippen LogP contribution < -0.4 is 10.2 Å². The fourth-order valence-electron chi connectivity index (χ4n) is 3.61. The zero-order valence-corrected chi connectivity index (χ0v) is 15.8. The molecule has 5 heteroatoms. The predicted molar refractivity (Wildman–Crippen MR) is 110 cm³/mol. The van der Waals surface area contributed by atoms with Gasteiger partial charge in [0, 0.05) is 35.8 Å². The standard InChI is InChI=1S/C22H21ClN4/c23-18-6-3-7-19(12-18)24-20-13-21(26-22(25-20)16-8-9-16)27-11-10-15-4-1-2-5-17(15)14-27/h1-7,12-13,16H,8-11,14H2,(H,24,25,26). The van der Waals surface area contributed by atoms with Crippen molar-refractivity contribution in [1.82, 2.24) is 9.97 Å². The minimum atomic E-state index is 0.502. The number of fused-ring (bicyclic) bond motifs is 1. The summed E-state index contributed by atoms with van der Waals surface area (Å²) in [5.41, 5.74) is 3.78. The summed E-state index contributed by atoms with van der Waals surface area (Å²) < 4.78 is 0. The number of halogens is 1. The Labute approximate surface area is 164 Å². The molecule has 0 atom stereocenters. The molecule has 2 aliphatic rings. The molecule has 0 amide bonds. The van der Waals surface area contributed by atoms with E-state index in [1.54, 1.807) is 0 Å². The lowest BCUT2D eigenvalue weighted by molar-refractivity contribution is 0.714. The fourth-order valence-corrected chi connectivity index (χ4v) is 3.80. The van der Waals surface area contributed by atoms with Crippen LogP contribution >= 0.6 is 11.6 Å². The summed E-state index contributed by atoms with van der Waals surface area (Å²) >= 11 is 6.12. The molecule has 3 aromatic rings. The normalized spacial score (nSPS) is 16.1. The van der Waals surface area contributed by atoms with Gasteiger partial charge < -0.3 is 10.2 Å². The summed E-state index contributed by atoms with van der Waals surface area (Å²) in [5, 5.41) is 4.12. The Balaban J connectivity index is 1.46. The minimum Gasteiger partial charge on any atom is -0.352 e. The molecule has 0 radical (unpaired) electrons. The first kappa shape index (κ1) is 16.6. The van der Waals surface area contributed by atoms with Crippen molar-refractivity contribution in [3.05, 3.63) is 76.6 Å². The topological polar surface area (TPSA) is 41.0 Å². The molecule has 2 heterocycles. The van der Waals surface area contributed by atoms with Gasteiger partial charge in [0.1, 0.15) is 17.5 Å². The molecular formula is C22H21ClN4. The quantitative estimate of drug-likeness (QED) is 0.669. The molecule has 1 aliphatic heterocycles. The Kier molecular flexibility index (Phi) is 4.21. The van der Waals surface area contributed by atoms with Crippen LogP contribution in [-0.4, -0.2) is 16.5 Å². The Bertz CT molecular complexity index is 984. The molecule has 1 aromatic heterocycles. The smallest absolute Gasteiger partial charge is 0.136 e. The summed E-state index contributed by atoms with van der Waals surface area (Å²) in [5.74, 6) is 3.30. The maximum Gasteiger partial charge on any atom is 0.136 e. The molecule has 5 rings (SSSR count). The van der Waals surface area contributed by atoms with Gasteiger partial charge in [0.25, 0.3) is 0 Å². The highest BCUT2D eigenvalue weighted by Gasteiger charge is 2.28. The van der Waals surface area contributed by atoms with Crippen LogP contribution in [0.15, 0.2) is 54.6 Å². The third kappa shape index (κ3) is 3.62. The first-order valence-corrected chi connectivity index (χ1v) is 9.86. The second-order valence-electron chi connectivity index (χ2n) is 7.32. The summed E-state index contributed by atoms with van der Waals surface area (Å²) in [6.45, 7) is 1.88. The number of hydrogen-bond acceptors (Lipinski definition) is 4. The van der Waals surface area contributed by atoms with Gasteiger partial charge in [-0.25, -0.2) is 9.97 Å². The Morgan fingerprint density at radius 1 is 0.963 bits per heavy atom. The highest BCUT2D eigenvalue weighted by atomic mass is 35.5. The largest absolute Gasteiger partial charge is 0.352 e. The molecule has 0 spiro atoms. The second kappa shape index (κ2) is 6.86. The van der Waals surface area contributed by atoms with Crippen LogP contribution in [0, 0.1) is 0 Å². The molecule has 1 N–H and O–H groups in total. The van der Waals surface area contributed by atoms with Crippen LogP contribution in [0.1, 0.15) is 35.7 Å². The van der Waals surface area contributed by atoms with Crippen molar-refractivity contribution in [2.75, 3.05) is 16.8 Å². The molecule has 27 heavy (non-hydrogen) atoms. The van der Waals surface area contributed by atoms with E-state index in [9.17, 15) is 0 Å². The Hall–Kier alpha value is -2.59. The lowest BCUT2D eigenvalue weighted by Crippen LogP contribution is -2.31. The zero-order valence-electron chi connectivity index (χ0n) is 15.0. The molecule has 1 saturated carbocycles. The fraction of sp³-hybridized carbons (Fsp3) is 0.273. The molecule has 136 valence electrons. The summed E-state index contributed by atoms with van der Waals surface area (Å²) in [6.07, 6.45) is 3.42. The number of nitrogens with one attached hydrogen (secondary N) is 1. The average Bonchev–Trinajstić information content (AvgIpc) is 3.53. The Morgan fingerprint density at radius 2 is 1.81 bits per heavy atom. The SMILES string of the molecule is Clc1cccc(Nc2cc(N3CCc4ccccc4C3)nc(C3CC3)n2)c1. The maximum absolute atomic E-state index is 6.12. The van der Waals surface area contributed by atoms with E-state index in [1.165, 1.54) is 24.0 Å². The summed E-state index contributed by atoms with van der Waals surface area (Å²) in [7, 11) is 0. The van der Waals surface area contributed by atoms with Crippen molar-refractivity contribution in [2.24, 2.45) is 0 Å². The van der Waals surface area contributed by atoms with Crippen LogP contribution in [0.2, 0.25) is 5.02 Å². The minimum absolute atomic E-state index is 0.502. The van der Waals surface area contributed by atoms with E-state index in [0.717, 1.165) is 42.7 Å². The van der Waals surface area contributed by atoms with Crippen LogP contribution in [0.25, 0.3) is 0 Å². The van der Waals surface area contributed by atoms with E-state index in [4.69, 9.17) is 21.6 Å². The van der Waals surface area contributed by atoms with Gasteiger partial charge in [0.2, 0.25) is 0 Å². The molecular weight excluding hydrogens is 356 g/mol. The third-order valence-corrected chi connectivity index (χ3v) is 5.46. The van der Waals surface area contributed by atoms with Crippen molar-refractivity contribution >= 4 is 28.9 Å². The van der Waals surface area contributed by atoms with E-state index >= 15 is 0 Å². The van der Waals surface area contributed by atoms with Crippen molar-refractivity contribution in [2.45, 2.75) is 31.7 Å². The van der Waals surface area contributed by atoms with Crippen LogP contribution in [0.3, 0.4) is 0 Å². The van der Waals surface area contributed by atoms with Gasteiger partial charge in [-0.1, -0.05) is 41.9 Å². The van der Waals surface area contributed by atoms with Crippen molar-refractivity contribution < 1.29 is 0 Å². The maximum atomic E-state index is 6.12. The summed E-state index contributed by atoms with van der Waals surface area (Å²) in [6, 6.07) is 18.5. The molecule has 0 saturated heterocycles. The molecule has 1 fully saturated rings.